The third-order valence-corrected chi connectivity index (χ3v) is 2.72. The number of rotatable bonds is 9. The number of nitrogens with one attached hydrogen (secondary N) is 1. The van der Waals surface area contributed by atoms with E-state index in [1.165, 1.54) is 0 Å². The van der Waals surface area contributed by atoms with Crippen LogP contribution in [0.25, 0.3) is 0 Å². The average molecular weight is 310 g/mol. The zero-order valence-corrected chi connectivity index (χ0v) is 11.2. The van der Waals surface area contributed by atoms with Crippen LogP contribution in [-0.2, 0) is 14.4 Å². The van der Waals surface area contributed by atoms with E-state index in [-0.39, 0.29) is 0 Å². The molecule has 10 nitrogen and oxygen atoms in total. The molecule has 0 saturated heterocycles. The Morgan fingerprint density at radius 3 is 1.90 bits per heavy atom. The van der Waals surface area contributed by atoms with Gasteiger partial charge in [-0.15, -0.1) is 0 Å². The first-order valence-electron chi connectivity index (χ1n) is 5.98. The van der Waals surface area contributed by atoms with Crippen LogP contribution in [0.1, 0.15) is 13.3 Å². The van der Waals surface area contributed by atoms with Gasteiger partial charge in [0.1, 0.15) is 18.3 Å². The number of carbonyl (C=O) groups excluding carboxylic acids is 2. The van der Waals surface area contributed by atoms with Crippen molar-refractivity contribution in [1.29, 1.82) is 0 Å². The van der Waals surface area contributed by atoms with E-state index in [4.69, 9.17) is 10.2 Å². The number of aliphatic hydroxyl groups is 5. The highest BCUT2D eigenvalue weighted by atomic mass is 16.4. The van der Waals surface area contributed by atoms with E-state index < -0.39 is 61.1 Å². The molecule has 21 heavy (non-hydrogen) atoms. The third kappa shape index (κ3) is 6.14. The van der Waals surface area contributed by atoms with Gasteiger partial charge in [-0.2, -0.15) is 0 Å². The molecular weight excluding hydrogens is 291 g/mol. The van der Waals surface area contributed by atoms with Crippen LogP contribution in [-0.4, -0.2) is 85.4 Å². The molecular formula is C11H19NO9. The lowest BCUT2D eigenvalue weighted by Crippen LogP contribution is -2.57. The number of amides is 1. The SMILES string of the molecule is CC(=O)N[C@@H]([C@@H](O)[C@H](O)[C@H](O)CO)[C@@H](O)C[13C](=O)C(=O)O. The molecule has 0 aliphatic heterocycles. The molecule has 0 fully saturated rings. The first-order chi connectivity index (χ1) is 9.61. The molecule has 0 aromatic heterocycles. The van der Waals surface area contributed by atoms with Gasteiger partial charge < -0.3 is 36.0 Å². The predicted molar refractivity (Wildman–Crippen MR) is 66.0 cm³/mol. The van der Waals surface area contributed by atoms with Crippen LogP contribution in [0.2, 0.25) is 0 Å². The summed E-state index contributed by atoms with van der Waals surface area (Å²) < 4.78 is 0. The van der Waals surface area contributed by atoms with Crippen LogP contribution in [0.3, 0.4) is 0 Å². The Kier molecular flexibility index (Phi) is 7.99. The van der Waals surface area contributed by atoms with Gasteiger partial charge in [-0.05, 0) is 0 Å². The molecule has 0 aliphatic rings. The number of Topliss-reactive ketones (excluding diaryl/α,β-unsaturated/α-hetero) is 1. The van der Waals surface area contributed by atoms with Crippen LogP contribution >= 0.6 is 0 Å². The Morgan fingerprint density at radius 2 is 1.52 bits per heavy atom. The zero-order chi connectivity index (χ0) is 16.7. The van der Waals surface area contributed by atoms with Crippen molar-refractivity contribution in [2.75, 3.05) is 6.61 Å². The van der Waals surface area contributed by atoms with Crippen molar-refractivity contribution in [3.05, 3.63) is 0 Å². The van der Waals surface area contributed by atoms with Crippen LogP contribution in [0.15, 0.2) is 0 Å². The molecule has 1 amide bonds. The predicted octanol–water partition coefficient (Wildman–Crippen LogP) is -4.03. The fourth-order valence-electron chi connectivity index (χ4n) is 1.60. The van der Waals surface area contributed by atoms with E-state index in [2.05, 4.69) is 0 Å². The van der Waals surface area contributed by atoms with E-state index in [9.17, 15) is 34.8 Å². The quantitative estimate of drug-likeness (QED) is 0.164. The van der Waals surface area contributed by atoms with Gasteiger partial charge in [0.25, 0.3) is 0 Å². The number of aliphatic carboxylic acids is 1. The maximum absolute atomic E-state index is 11.0. The summed E-state index contributed by atoms with van der Waals surface area (Å²) in [5.74, 6) is -3.89. The lowest BCUT2D eigenvalue weighted by atomic mass is 9.96. The summed E-state index contributed by atoms with van der Waals surface area (Å²) in [6.07, 6.45) is -8.35. The lowest BCUT2D eigenvalue weighted by molar-refractivity contribution is -0.151. The fraction of sp³-hybridized carbons (Fsp3) is 0.727. The molecule has 0 saturated carbocycles. The first-order valence-corrected chi connectivity index (χ1v) is 5.98. The second-order valence-electron chi connectivity index (χ2n) is 4.46. The monoisotopic (exact) mass is 310 g/mol. The highest BCUT2D eigenvalue weighted by Crippen LogP contribution is 2.11. The summed E-state index contributed by atoms with van der Waals surface area (Å²) in [6, 6.07) is -1.61. The van der Waals surface area contributed by atoms with Gasteiger partial charge >= 0.3 is 5.97 Å². The highest BCUT2D eigenvalue weighted by Gasteiger charge is 2.37. The standard InChI is InChI=1S/C11H19NO9/c1-4(14)12-8(5(15)2-6(16)11(20)21)10(19)9(18)7(17)3-13/h5,7-10,13,15,17-19H,2-3H2,1H3,(H,12,14)(H,20,21)/t5-,7+,8+,9+,10+/m0/s1/i6+1. The molecule has 7 N–H and O–H groups in total. The van der Waals surface area contributed by atoms with E-state index in [0.29, 0.717) is 0 Å². The van der Waals surface area contributed by atoms with Crippen molar-refractivity contribution in [1.82, 2.24) is 5.32 Å². The van der Waals surface area contributed by atoms with Gasteiger partial charge in [0, 0.05) is 13.3 Å². The minimum Gasteiger partial charge on any atom is -0.475 e. The second kappa shape index (κ2) is 8.64. The molecule has 122 valence electrons. The molecule has 0 aliphatic carbocycles. The number of carbonyl (C=O) groups is 3. The van der Waals surface area contributed by atoms with Crippen molar-refractivity contribution >= 4 is 17.7 Å². The molecule has 0 aromatic rings. The average Bonchev–Trinajstić information content (AvgIpc) is 2.41. The summed E-state index contributed by atoms with van der Waals surface area (Å²) in [4.78, 5) is 32.4. The Balaban J connectivity index is 5.04. The Hall–Kier alpha value is -1.59. The number of aliphatic hydroxyl groups excluding tert-OH is 5. The maximum Gasteiger partial charge on any atom is 0.372 e. The summed E-state index contributed by atoms with van der Waals surface area (Å²) in [6.45, 7) is 0.134. The summed E-state index contributed by atoms with van der Waals surface area (Å²) in [5, 5.41) is 57.4. The van der Waals surface area contributed by atoms with Crippen LogP contribution in [0, 0.1) is 0 Å². The number of ketones is 1. The Morgan fingerprint density at radius 1 is 1.00 bits per heavy atom. The molecule has 0 radical (unpaired) electrons. The van der Waals surface area contributed by atoms with Gasteiger partial charge in [-0.3, -0.25) is 9.59 Å². The summed E-state index contributed by atoms with van der Waals surface area (Å²) >= 11 is 0. The molecule has 0 heterocycles. The van der Waals surface area contributed by atoms with E-state index in [1.807, 2.05) is 5.32 Å². The largest absolute Gasteiger partial charge is 0.475 e. The Bertz CT molecular complexity index is 386. The minimum atomic E-state index is -1.94. The number of hydrogen-bond acceptors (Lipinski definition) is 8. The smallest absolute Gasteiger partial charge is 0.372 e. The second-order valence-corrected chi connectivity index (χ2v) is 4.46. The van der Waals surface area contributed by atoms with Crippen LogP contribution < -0.4 is 5.32 Å². The van der Waals surface area contributed by atoms with Crippen molar-refractivity contribution < 1.29 is 45.0 Å². The fourth-order valence-corrected chi connectivity index (χ4v) is 1.60. The number of hydrogen-bond donors (Lipinski definition) is 7. The van der Waals surface area contributed by atoms with Crippen molar-refractivity contribution in [3.8, 4) is 0 Å². The van der Waals surface area contributed by atoms with Gasteiger partial charge in [0.15, 0.2) is 0 Å². The van der Waals surface area contributed by atoms with Crippen LogP contribution in [0.5, 0.6) is 0 Å². The normalized spacial score (nSPS) is 18.2. The molecule has 0 rings (SSSR count). The van der Waals surface area contributed by atoms with Crippen molar-refractivity contribution in [3.63, 3.8) is 0 Å². The first kappa shape index (κ1) is 19.4. The minimum absolute atomic E-state index is 0.730. The van der Waals surface area contributed by atoms with Crippen molar-refractivity contribution in [2.45, 2.75) is 43.8 Å². The van der Waals surface area contributed by atoms with Gasteiger partial charge in [0.2, 0.25) is 11.7 Å². The molecule has 0 spiro atoms. The lowest BCUT2D eigenvalue weighted by Gasteiger charge is -2.32. The molecule has 0 bridgehead atoms. The summed E-state index contributed by atoms with van der Waals surface area (Å²) in [7, 11) is 0. The van der Waals surface area contributed by atoms with Gasteiger partial charge in [-0.25, -0.2) is 4.79 Å². The molecule has 10 heteroatoms. The highest BCUT2D eigenvalue weighted by molar-refractivity contribution is 6.32. The topological polar surface area (TPSA) is 185 Å². The number of carboxylic acids is 1. The van der Waals surface area contributed by atoms with Crippen LogP contribution in [0.4, 0.5) is 0 Å². The van der Waals surface area contributed by atoms with Crippen molar-refractivity contribution in [2.24, 2.45) is 0 Å². The van der Waals surface area contributed by atoms with Gasteiger partial charge in [-0.1, -0.05) is 0 Å². The van der Waals surface area contributed by atoms with E-state index >= 15 is 0 Å². The summed E-state index contributed by atoms with van der Waals surface area (Å²) in [5.41, 5.74) is 0. The Labute approximate surface area is 119 Å². The maximum atomic E-state index is 11.0. The molecule has 5 atom stereocenters. The third-order valence-electron chi connectivity index (χ3n) is 2.72. The van der Waals surface area contributed by atoms with Gasteiger partial charge in [0.05, 0.1) is 18.8 Å². The molecule has 0 unspecified atom stereocenters. The van der Waals surface area contributed by atoms with E-state index in [0.717, 1.165) is 6.92 Å². The zero-order valence-electron chi connectivity index (χ0n) is 11.2. The van der Waals surface area contributed by atoms with E-state index in [1.54, 1.807) is 0 Å². The number of carboxylic acid groups (broad SMARTS) is 1. The molecule has 0 aromatic carbocycles.